The van der Waals surface area contributed by atoms with E-state index >= 15 is 0 Å². The fourth-order valence-electron chi connectivity index (χ4n) is 3.13. The number of allylic oxidation sites excluding steroid dienone is 2. The van der Waals surface area contributed by atoms with Crippen LogP contribution in [0.4, 0.5) is 4.79 Å². The van der Waals surface area contributed by atoms with E-state index < -0.39 is 23.9 Å². The van der Waals surface area contributed by atoms with Crippen molar-refractivity contribution in [1.29, 1.82) is 0 Å². The average molecular weight is 369 g/mol. The molecule has 0 unspecified atom stereocenters. The highest BCUT2D eigenvalue weighted by Crippen LogP contribution is 2.36. The van der Waals surface area contributed by atoms with E-state index in [0.717, 1.165) is 36.6 Å². The Morgan fingerprint density at radius 2 is 2.32 bits per heavy atom. The van der Waals surface area contributed by atoms with Crippen LogP contribution in [0.25, 0.3) is 0 Å². The molecule has 0 aromatic heterocycles. The van der Waals surface area contributed by atoms with E-state index in [1.807, 2.05) is 19.9 Å². The summed E-state index contributed by atoms with van der Waals surface area (Å²) in [5.41, 5.74) is 0.856. The Morgan fingerprint density at radius 1 is 1.56 bits per heavy atom. The van der Waals surface area contributed by atoms with Crippen molar-refractivity contribution in [1.82, 2.24) is 5.32 Å². The third-order valence-corrected chi connectivity index (χ3v) is 5.14. The van der Waals surface area contributed by atoms with E-state index in [9.17, 15) is 14.7 Å². The molecule has 0 aromatic carbocycles. The third kappa shape index (κ3) is 5.87. The summed E-state index contributed by atoms with van der Waals surface area (Å²) in [6, 6.07) is -0.503. The Balaban J connectivity index is 2.07. The molecule has 140 valence electrons. The van der Waals surface area contributed by atoms with Gasteiger partial charge in [-0.15, -0.1) is 6.58 Å². The molecule has 0 aromatic rings. The van der Waals surface area contributed by atoms with Gasteiger partial charge in [-0.2, -0.15) is 0 Å². The number of ether oxygens (including phenoxy) is 2. The van der Waals surface area contributed by atoms with Gasteiger partial charge in [0.15, 0.2) is 5.79 Å². The summed E-state index contributed by atoms with van der Waals surface area (Å²) in [6.45, 7) is 7.36. The van der Waals surface area contributed by atoms with Crippen LogP contribution < -0.4 is 5.32 Å². The van der Waals surface area contributed by atoms with Crippen LogP contribution in [0.5, 0.6) is 0 Å². The number of rotatable bonds is 7. The largest absolute Gasteiger partial charge is 0.459 e. The van der Waals surface area contributed by atoms with Crippen molar-refractivity contribution >= 4 is 23.0 Å². The molecule has 25 heavy (non-hydrogen) atoms. The van der Waals surface area contributed by atoms with Crippen LogP contribution in [0.15, 0.2) is 24.3 Å². The molecular formula is C18H27NO5S. The standard InChI is InChI=1S/C18H27NO5S/c1-4-5-6-7-13-9-14(23-16(20)8-12(2)3)10-18(22,24-13)15-11-25-17(21)19-15/h4,8,13-15,22H,1,5-7,9-11H2,2-3H3,(H,19,21)/t13-,14-,15+,18-/m1/s1. The molecule has 2 aliphatic heterocycles. The topological polar surface area (TPSA) is 84.9 Å². The Hall–Kier alpha value is -1.31. The fourth-order valence-corrected chi connectivity index (χ4v) is 4.02. The van der Waals surface area contributed by atoms with E-state index in [4.69, 9.17) is 9.47 Å². The molecule has 1 amide bonds. The lowest BCUT2D eigenvalue weighted by atomic mass is 9.91. The highest BCUT2D eigenvalue weighted by molar-refractivity contribution is 8.14. The monoisotopic (exact) mass is 369 g/mol. The number of amides is 1. The minimum atomic E-state index is -1.52. The van der Waals surface area contributed by atoms with E-state index in [1.165, 1.54) is 6.08 Å². The van der Waals surface area contributed by atoms with E-state index in [0.29, 0.717) is 12.2 Å². The molecule has 0 saturated carbocycles. The number of carbonyl (C=O) groups excluding carboxylic acids is 2. The summed E-state index contributed by atoms with van der Waals surface area (Å²) in [7, 11) is 0. The second kappa shape index (κ2) is 8.87. The average Bonchev–Trinajstić information content (AvgIpc) is 2.93. The molecule has 6 nitrogen and oxygen atoms in total. The zero-order valence-corrected chi connectivity index (χ0v) is 15.6. The molecule has 2 heterocycles. The van der Waals surface area contributed by atoms with E-state index in [-0.39, 0.29) is 17.8 Å². The van der Waals surface area contributed by atoms with Crippen molar-refractivity contribution < 1.29 is 24.2 Å². The molecule has 0 radical (unpaired) electrons. The number of thioether (sulfide) groups is 1. The number of hydrogen-bond acceptors (Lipinski definition) is 6. The first-order chi connectivity index (χ1) is 11.8. The Labute approximate surface area is 153 Å². The minimum absolute atomic E-state index is 0.152. The van der Waals surface area contributed by atoms with Gasteiger partial charge < -0.3 is 19.9 Å². The first-order valence-corrected chi connectivity index (χ1v) is 9.61. The van der Waals surface area contributed by atoms with Gasteiger partial charge in [0, 0.05) is 24.7 Å². The minimum Gasteiger partial charge on any atom is -0.459 e. The van der Waals surface area contributed by atoms with Crippen molar-refractivity contribution in [3.8, 4) is 0 Å². The fraction of sp³-hybridized carbons (Fsp3) is 0.667. The van der Waals surface area contributed by atoms with Gasteiger partial charge in [0.2, 0.25) is 0 Å². The Morgan fingerprint density at radius 3 is 2.92 bits per heavy atom. The zero-order valence-electron chi connectivity index (χ0n) is 14.8. The lowest BCUT2D eigenvalue weighted by molar-refractivity contribution is -0.283. The van der Waals surface area contributed by atoms with Gasteiger partial charge >= 0.3 is 5.97 Å². The molecule has 7 heteroatoms. The molecule has 2 saturated heterocycles. The Bertz CT molecular complexity index is 546. The number of nitrogens with one attached hydrogen (secondary N) is 1. The maximum atomic E-state index is 12.0. The highest BCUT2D eigenvalue weighted by Gasteiger charge is 2.49. The van der Waals surface area contributed by atoms with Crippen molar-refractivity contribution in [2.75, 3.05) is 5.75 Å². The summed E-state index contributed by atoms with van der Waals surface area (Å²) in [5, 5.41) is 13.6. The van der Waals surface area contributed by atoms with Crippen molar-refractivity contribution in [2.45, 2.75) is 70.0 Å². The second-order valence-corrected chi connectivity index (χ2v) is 7.81. The first kappa shape index (κ1) is 20.0. The van der Waals surface area contributed by atoms with Crippen LogP contribution in [0.1, 0.15) is 46.0 Å². The van der Waals surface area contributed by atoms with Crippen LogP contribution in [0, 0.1) is 0 Å². The first-order valence-electron chi connectivity index (χ1n) is 8.62. The van der Waals surface area contributed by atoms with E-state index in [2.05, 4.69) is 11.9 Å². The number of carbonyl (C=O) groups is 2. The second-order valence-electron chi connectivity index (χ2n) is 6.82. The van der Waals surface area contributed by atoms with Gasteiger partial charge in [0.1, 0.15) is 6.10 Å². The quantitative estimate of drug-likeness (QED) is 0.311. The van der Waals surface area contributed by atoms with Crippen molar-refractivity contribution in [3.63, 3.8) is 0 Å². The Kier molecular flexibility index (Phi) is 7.10. The molecule has 0 bridgehead atoms. The number of aliphatic hydroxyl groups is 1. The lowest BCUT2D eigenvalue weighted by Crippen LogP contribution is -2.58. The predicted octanol–water partition coefficient (Wildman–Crippen LogP) is 2.91. The number of hydrogen-bond donors (Lipinski definition) is 2. The van der Waals surface area contributed by atoms with Crippen molar-refractivity contribution in [2.24, 2.45) is 0 Å². The summed E-state index contributed by atoms with van der Waals surface area (Å²) < 4.78 is 11.5. The van der Waals surface area contributed by atoms with Crippen LogP contribution in [-0.4, -0.2) is 46.1 Å². The molecule has 4 atom stereocenters. The number of unbranched alkanes of at least 4 members (excludes halogenated alkanes) is 1. The van der Waals surface area contributed by atoms with Gasteiger partial charge in [0.05, 0.1) is 12.1 Å². The van der Waals surface area contributed by atoms with Crippen LogP contribution in [-0.2, 0) is 14.3 Å². The SMILES string of the molecule is C=CCCC[C@@H]1C[C@@H](OC(=O)C=C(C)C)C[C@](O)([C@@H]2CSC(=O)N2)O1. The molecule has 0 spiro atoms. The number of esters is 1. The molecule has 2 rings (SSSR count). The van der Waals surface area contributed by atoms with Gasteiger partial charge in [-0.1, -0.05) is 23.4 Å². The zero-order chi connectivity index (χ0) is 18.4. The maximum absolute atomic E-state index is 12.0. The predicted molar refractivity (Wildman–Crippen MR) is 97.2 cm³/mol. The third-order valence-electron chi connectivity index (χ3n) is 4.26. The van der Waals surface area contributed by atoms with Crippen molar-refractivity contribution in [3.05, 3.63) is 24.3 Å². The molecule has 2 aliphatic rings. The highest BCUT2D eigenvalue weighted by atomic mass is 32.2. The normalized spacial score (nSPS) is 32.0. The molecule has 0 aliphatic carbocycles. The van der Waals surface area contributed by atoms with Gasteiger partial charge in [-0.05, 0) is 33.1 Å². The van der Waals surface area contributed by atoms with Crippen LogP contribution in [0.3, 0.4) is 0 Å². The van der Waals surface area contributed by atoms with Crippen LogP contribution >= 0.6 is 11.8 Å². The maximum Gasteiger partial charge on any atom is 0.330 e. The molecule has 2 N–H and O–H groups in total. The smallest absolute Gasteiger partial charge is 0.330 e. The van der Waals surface area contributed by atoms with Gasteiger partial charge in [0.25, 0.3) is 5.24 Å². The van der Waals surface area contributed by atoms with Gasteiger partial charge in [-0.3, -0.25) is 4.79 Å². The van der Waals surface area contributed by atoms with E-state index in [1.54, 1.807) is 0 Å². The summed E-state index contributed by atoms with van der Waals surface area (Å²) in [4.78, 5) is 23.5. The molecular weight excluding hydrogens is 342 g/mol. The summed E-state index contributed by atoms with van der Waals surface area (Å²) in [6.07, 6.45) is 5.77. The lowest BCUT2D eigenvalue weighted by Gasteiger charge is -2.43. The summed E-state index contributed by atoms with van der Waals surface area (Å²) in [5.74, 6) is -1.50. The van der Waals surface area contributed by atoms with Crippen LogP contribution in [0.2, 0.25) is 0 Å². The molecule has 2 fully saturated rings. The summed E-state index contributed by atoms with van der Waals surface area (Å²) >= 11 is 1.12. The van der Waals surface area contributed by atoms with Gasteiger partial charge in [-0.25, -0.2) is 4.79 Å².